The number of amides is 2. The van der Waals surface area contributed by atoms with Crippen LogP contribution in [0.4, 0.5) is 0 Å². The van der Waals surface area contributed by atoms with E-state index >= 15 is 0 Å². The van der Waals surface area contributed by atoms with Crippen LogP contribution >= 0.6 is 11.3 Å². The summed E-state index contributed by atoms with van der Waals surface area (Å²) >= 11 is 1.46. The number of hydrogen-bond donors (Lipinski definition) is 1. The van der Waals surface area contributed by atoms with Gasteiger partial charge in [-0.2, -0.15) is 0 Å². The first-order valence-corrected chi connectivity index (χ1v) is 9.74. The Bertz CT molecular complexity index is 770. The number of nitrogens with one attached hydrogen (secondary N) is 1. The number of rotatable bonds is 6. The number of carbonyl (C=O) groups is 2. The molecule has 1 aromatic heterocycles. The monoisotopic (exact) mass is 372 g/mol. The molecule has 0 bridgehead atoms. The fraction of sp³-hybridized carbons (Fsp3) is 0.400. The topological polar surface area (TPSA) is 58.6 Å². The van der Waals surface area contributed by atoms with Crippen molar-refractivity contribution in [1.29, 1.82) is 0 Å². The molecule has 0 saturated carbocycles. The van der Waals surface area contributed by atoms with Gasteiger partial charge in [-0.1, -0.05) is 12.1 Å². The van der Waals surface area contributed by atoms with Gasteiger partial charge in [0.05, 0.1) is 17.5 Å². The Labute approximate surface area is 158 Å². The number of ether oxygens (including phenoxy) is 1. The third kappa shape index (κ3) is 3.97. The maximum atomic E-state index is 12.8. The Hall–Kier alpha value is -2.18. The van der Waals surface area contributed by atoms with Gasteiger partial charge in [0.15, 0.2) is 0 Å². The standard InChI is InChI=1S/C20H24N2O3S/c1-3-21-19(23)18-11-10-17(26-18)14-6-8-15(9-7-14)20(24)22-12-4-5-16(22)13-25-2/h6-11,16H,3-5,12-13H2,1-2H3,(H,21,23)/t16-/m0/s1. The van der Waals surface area contributed by atoms with Crippen molar-refractivity contribution in [2.45, 2.75) is 25.8 Å². The SMILES string of the molecule is CCNC(=O)c1ccc(-c2ccc(C(=O)N3CCC[C@H]3COC)cc2)s1. The highest BCUT2D eigenvalue weighted by Crippen LogP contribution is 2.29. The number of methoxy groups -OCH3 is 1. The van der Waals surface area contributed by atoms with Gasteiger partial charge in [0.2, 0.25) is 0 Å². The molecule has 1 N–H and O–H groups in total. The molecule has 1 fully saturated rings. The van der Waals surface area contributed by atoms with E-state index in [1.54, 1.807) is 7.11 Å². The van der Waals surface area contributed by atoms with Gasteiger partial charge >= 0.3 is 0 Å². The molecule has 0 unspecified atom stereocenters. The quantitative estimate of drug-likeness (QED) is 0.845. The molecular weight excluding hydrogens is 348 g/mol. The third-order valence-corrected chi connectivity index (χ3v) is 5.71. The van der Waals surface area contributed by atoms with E-state index in [0.29, 0.717) is 23.6 Å². The van der Waals surface area contributed by atoms with Crippen LogP contribution in [0.2, 0.25) is 0 Å². The molecule has 6 heteroatoms. The maximum absolute atomic E-state index is 12.8. The van der Waals surface area contributed by atoms with Crippen molar-refractivity contribution in [1.82, 2.24) is 10.2 Å². The van der Waals surface area contributed by atoms with Crippen molar-refractivity contribution in [2.24, 2.45) is 0 Å². The minimum atomic E-state index is -0.0474. The van der Waals surface area contributed by atoms with Gasteiger partial charge < -0.3 is 15.0 Å². The lowest BCUT2D eigenvalue weighted by molar-refractivity contribution is 0.0630. The molecule has 138 valence electrons. The minimum absolute atomic E-state index is 0.0474. The molecule has 0 spiro atoms. The van der Waals surface area contributed by atoms with E-state index in [0.717, 1.165) is 29.8 Å². The smallest absolute Gasteiger partial charge is 0.261 e. The van der Waals surface area contributed by atoms with Gasteiger partial charge in [0, 0.05) is 30.6 Å². The number of likely N-dealkylation sites (tertiary alicyclic amines) is 1. The molecule has 1 atom stereocenters. The van der Waals surface area contributed by atoms with Gasteiger partial charge in [-0.15, -0.1) is 11.3 Å². The average Bonchev–Trinajstić information content (AvgIpc) is 3.31. The molecule has 2 amide bonds. The number of hydrogen-bond acceptors (Lipinski definition) is 4. The molecule has 5 nitrogen and oxygen atoms in total. The minimum Gasteiger partial charge on any atom is -0.383 e. The average molecular weight is 372 g/mol. The van der Waals surface area contributed by atoms with E-state index in [1.807, 2.05) is 48.2 Å². The van der Waals surface area contributed by atoms with Crippen LogP contribution in [-0.4, -0.2) is 49.6 Å². The fourth-order valence-electron chi connectivity index (χ4n) is 3.27. The molecule has 0 aliphatic carbocycles. The predicted molar refractivity (Wildman–Crippen MR) is 104 cm³/mol. The summed E-state index contributed by atoms with van der Waals surface area (Å²) in [6, 6.07) is 11.6. The van der Waals surface area contributed by atoms with Gasteiger partial charge in [-0.25, -0.2) is 0 Å². The van der Waals surface area contributed by atoms with Crippen molar-refractivity contribution < 1.29 is 14.3 Å². The molecule has 1 aromatic carbocycles. The molecular formula is C20H24N2O3S. The zero-order chi connectivity index (χ0) is 18.5. The lowest BCUT2D eigenvalue weighted by Crippen LogP contribution is -2.38. The van der Waals surface area contributed by atoms with Gasteiger partial charge in [-0.3, -0.25) is 9.59 Å². The molecule has 1 aliphatic rings. The second-order valence-electron chi connectivity index (χ2n) is 6.35. The Morgan fingerprint density at radius 3 is 2.69 bits per heavy atom. The third-order valence-electron chi connectivity index (χ3n) is 4.58. The van der Waals surface area contributed by atoms with Crippen LogP contribution in [0.15, 0.2) is 36.4 Å². The van der Waals surface area contributed by atoms with E-state index in [1.165, 1.54) is 11.3 Å². The highest BCUT2D eigenvalue weighted by atomic mass is 32.1. The van der Waals surface area contributed by atoms with E-state index in [9.17, 15) is 9.59 Å². The molecule has 1 saturated heterocycles. The molecule has 2 heterocycles. The number of thiophene rings is 1. The first-order valence-electron chi connectivity index (χ1n) is 8.92. The number of benzene rings is 1. The van der Waals surface area contributed by atoms with Crippen LogP contribution in [0.1, 0.15) is 39.8 Å². The van der Waals surface area contributed by atoms with Crippen molar-refractivity contribution in [3.8, 4) is 10.4 Å². The first-order chi connectivity index (χ1) is 12.6. The van der Waals surface area contributed by atoms with Crippen LogP contribution in [0.3, 0.4) is 0 Å². The Morgan fingerprint density at radius 2 is 2.00 bits per heavy atom. The summed E-state index contributed by atoms with van der Waals surface area (Å²) < 4.78 is 5.23. The lowest BCUT2D eigenvalue weighted by Gasteiger charge is -2.24. The van der Waals surface area contributed by atoms with E-state index in [2.05, 4.69) is 5.32 Å². The van der Waals surface area contributed by atoms with Crippen molar-refractivity contribution in [2.75, 3.05) is 26.8 Å². The molecule has 26 heavy (non-hydrogen) atoms. The van der Waals surface area contributed by atoms with Crippen LogP contribution < -0.4 is 5.32 Å². The second-order valence-corrected chi connectivity index (χ2v) is 7.43. The summed E-state index contributed by atoms with van der Waals surface area (Å²) in [5, 5.41) is 2.81. The predicted octanol–water partition coefficient (Wildman–Crippen LogP) is 3.42. The van der Waals surface area contributed by atoms with Crippen molar-refractivity contribution in [3.05, 3.63) is 46.8 Å². The summed E-state index contributed by atoms with van der Waals surface area (Å²) in [6.45, 7) is 3.89. The lowest BCUT2D eigenvalue weighted by atomic mass is 10.1. The summed E-state index contributed by atoms with van der Waals surface area (Å²) in [4.78, 5) is 28.3. The zero-order valence-electron chi connectivity index (χ0n) is 15.2. The van der Waals surface area contributed by atoms with E-state index in [4.69, 9.17) is 4.74 Å². The molecule has 1 aliphatic heterocycles. The van der Waals surface area contributed by atoms with E-state index in [-0.39, 0.29) is 17.9 Å². The normalized spacial score (nSPS) is 16.7. The van der Waals surface area contributed by atoms with Crippen LogP contribution in [0, 0.1) is 0 Å². The van der Waals surface area contributed by atoms with Gasteiger partial charge in [0.1, 0.15) is 0 Å². The van der Waals surface area contributed by atoms with Gasteiger partial charge in [0.25, 0.3) is 11.8 Å². The number of carbonyl (C=O) groups excluding carboxylic acids is 2. The van der Waals surface area contributed by atoms with Crippen molar-refractivity contribution >= 4 is 23.2 Å². The molecule has 2 aromatic rings. The highest BCUT2D eigenvalue weighted by molar-refractivity contribution is 7.17. The van der Waals surface area contributed by atoms with Crippen LogP contribution in [-0.2, 0) is 4.74 Å². The summed E-state index contributed by atoms with van der Waals surface area (Å²) in [6.07, 6.45) is 2.02. The van der Waals surface area contributed by atoms with Crippen molar-refractivity contribution in [3.63, 3.8) is 0 Å². The summed E-state index contributed by atoms with van der Waals surface area (Å²) in [5.41, 5.74) is 1.70. The maximum Gasteiger partial charge on any atom is 0.261 e. The van der Waals surface area contributed by atoms with E-state index < -0.39 is 0 Å². The summed E-state index contributed by atoms with van der Waals surface area (Å²) in [7, 11) is 1.67. The largest absolute Gasteiger partial charge is 0.383 e. The van der Waals surface area contributed by atoms with Gasteiger partial charge in [-0.05, 0) is 49.6 Å². The Morgan fingerprint density at radius 1 is 1.23 bits per heavy atom. The molecule has 3 rings (SSSR count). The van der Waals surface area contributed by atoms with Crippen LogP contribution in [0.5, 0.6) is 0 Å². The highest BCUT2D eigenvalue weighted by Gasteiger charge is 2.29. The molecule has 0 radical (unpaired) electrons. The fourth-order valence-corrected chi connectivity index (χ4v) is 4.20. The Balaban J connectivity index is 1.72. The summed E-state index contributed by atoms with van der Waals surface area (Å²) in [5.74, 6) is 0.0130. The first kappa shape index (κ1) is 18.6. The zero-order valence-corrected chi connectivity index (χ0v) is 16.0. The second kappa shape index (κ2) is 8.47. The van der Waals surface area contributed by atoms with Crippen LogP contribution in [0.25, 0.3) is 10.4 Å². The number of nitrogens with zero attached hydrogens (tertiary/aromatic N) is 1. The Kier molecular flexibility index (Phi) is 6.06.